The predicted molar refractivity (Wildman–Crippen MR) is 86.8 cm³/mol. The normalized spacial score (nSPS) is 10.8. The van der Waals surface area contributed by atoms with Crippen molar-refractivity contribution in [1.82, 2.24) is 4.98 Å². The van der Waals surface area contributed by atoms with Crippen LogP contribution in [0.3, 0.4) is 0 Å². The standard InChI is InChI=1S/C18H16ClNO/c1-13-5-4-6-14(11-19)18(13)21-12-15-9-10-20-17-8-3-2-7-16(15)17/h2-10H,11-12H2,1H3. The van der Waals surface area contributed by atoms with E-state index in [1.54, 1.807) is 0 Å². The largest absolute Gasteiger partial charge is 0.488 e. The second-order valence-electron chi connectivity index (χ2n) is 4.97. The minimum atomic E-state index is 0.452. The average molecular weight is 298 g/mol. The zero-order valence-electron chi connectivity index (χ0n) is 11.8. The van der Waals surface area contributed by atoms with Crippen LogP contribution in [-0.2, 0) is 12.5 Å². The van der Waals surface area contributed by atoms with Crippen LogP contribution in [0, 0.1) is 6.92 Å². The molecule has 0 atom stereocenters. The SMILES string of the molecule is Cc1cccc(CCl)c1OCc1ccnc2ccccc12. The number of alkyl halides is 1. The lowest BCUT2D eigenvalue weighted by Crippen LogP contribution is -2.01. The second-order valence-corrected chi connectivity index (χ2v) is 5.24. The molecule has 0 saturated carbocycles. The molecule has 3 heteroatoms. The van der Waals surface area contributed by atoms with Gasteiger partial charge in [0.25, 0.3) is 0 Å². The van der Waals surface area contributed by atoms with E-state index in [0.717, 1.165) is 33.3 Å². The van der Waals surface area contributed by atoms with Crippen molar-refractivity contribution in [2.24, 2.45) is 0 Å². The molecule has 21 heavy (non-hydrogen) atoms. The number of ether oxygens (including phenoxy) is 1. The summed E-state index contributed by atoms with van der Waals surface area (Å²) >= 11 is 5.99. The molecule has 0 spiro atoms. The molecule has 1 aromatic heterocycles. The summed E-state index contributed by atoms with van der Waals surface area (Å²) in [5.74, 6) is 1.34. The molecule has 0 saturated heterocycles. The van der Waals surface area contributed by atoms with Crippen LogP contribution < -0.4 is 4.74 Å². The first-order valence-electron chi connectivity index (χ1n) is 6.89. The lowest BCUT2D eigenvalue weighted by molar-refractivity contribution is 0.303. The van der Waals surface area contributed by atoms with Gasteiger partial charge in [0.15, 0.2) is 0 Å². The van der Waals surface area contributed by atoms with Crippen LogP contribution >= 0.6 is 11.6 Å². The van der Waals surface area contributed by atoms with Crippen molar-refractivity contribution in [3.63, 3.8) is 0 Å². The van der Waals surface area contributed by atoms with Crippen LogP contribution in [0.4, 0.5) is 0 Å². The van der Waals surface area contributed by atoms with E-state index >= 15 is 0 Å². The summed E-state index contributed by atoms with van der Waals surface area (Å²) < 4.78 is 6.04. The van der Waals surface area contributed by atoms with Crippen LogP contribution in [0.5, 0.6) is 5.75 Å². The number of halogens is 1. The monoisotopic (exact) mass is 297 g/mol. The molecule has 0 amide bonds. The highest BCUT2D eigenvalue weighted by Crippen LogP contribution is 2.27. The Balaban J connectivity index is 1.91. The maximum atomic E-state index is 6.04. The third-order valence-corrected chi connectivity index (χ3v) is 3.84. The van der Waals surface area contributed by atoms with E-state index in [1.807, 2.05) is 55.6 Å². The number of hydrogen-bond donors (Lipinski definition) is 0. The molecular weight excluding hydrogens is 282 g/mol. The zero-order valence-corrected chi connectivity index (χ0v) is 12.6. The molecule has 0 aliphatic rings. The van der Waals surface area contributed by atoms with Crippen LogP contribution in [0.1, 0.15) is 16.7 Å². The molecule has 0 N–H and O–H groups in total. The van der Waals surface area contributed by atoms with E-state index in [9.17, 15) is 0 Å². The lowest BCUT2D eigenvalue weighted by atomic mass is 10.1. The van der Waals surface area contributed by atoms with E-state index in [0.29, 0.717) is 12.5 Å². The summed E-state index contributed by atoms with van der Waals surface area (Å²) in [4.78, 5) is 4.37. The fourth-order valence-electron chi connectivity index (χ4n) is 2.46. The molecule has 0 bridgehead atoms. The van der Waals surface area contributed by atoms with Gasteiger partial charge in [0.05, 0.1) is 11.4 Å². The van der Waals surface area contributed by atoms with Crippen molar-refractivity contribution < 1.29 is 4.74 Å². The Kier molecular flexibility index (Phi) is 4.07. The van der Waals surface area contributed by atoms with E-state index in [-0.39, 0.29) is 0 Å². The number of pyridine rings is 1. The van der Waals surface area contributed by atoms with Crippen molar-refractivity contribution in [3.8, 4) is 5.75 Å². The van der Waals surface area contributed by atoms with Gasteiger partial charge in [-0.15, -0.1) is 11.6 Å². The highest BCUT2D eigenvalue weighted by molar-refractivity contribution is 6.17. The van der Waals surface area contributed by atoms with E-state index in [2.05, 4.69) is 11.1 Å². The highest BCUT2D eigenvalue weighted by Gasteiger charge is 2.08. The van der Waals surface area contributed by atoms with Gasteiger partial charge in [0.2, 0.25) is 0 Å². The first kappa shape index (κ1) is 13.9. The van der Waals surface area contributed by atoms with Crippen LogP contribution in [0.2, 0.25) is 0 Å². The number of para-hydroxylation sites is 2. The fraction of sp³-hybridized carbons (Fsp3) is 0.167. The summed E-state index contributed by atoms with van der Waals surface area (Å²) in [6.45, 7) is 2.55. The Morgan fingerprint density at radius 3 is 2.71 bits per heavy atom. The molecule has 0 radical (unpaired) electrons. The maximum Gasteiger partial charge on any atom is 0.127 e. The summed E-state index contributed by atoms with van der Waals surface area (Å²) in [6.07, 6.45) is 1.82. The van der Waals surface area contributed by atoms with Gasteiger partial charge in [0.1, 0.15) is 12.4 Å². The molecule has 2 aromatic carbocycles. The Morgan fingerprint density at radius 2 is 1.86 bits per heavy atom. The van der Waals surface area contributed by atoms with Gasteiger partial charge in [-0.3, -0.25) is 4.98 Å². The molecule has 2 nitrogen and oxygen atoms in total. The quantitative estimate of drug-likeness (QED) is 0.642. The first-order chi connectivity index (χ1) is 10.3. The number of nitrogens with zero attached hydrogens (tertiary/aromatic N) is 1. The number of aromatic nitrogens is 1. The van der Waals surface area contributed by atoms with Gasteiger partial charge in [-0.25, -0.2) is 0 Å². The second kappa shape index (κ2) is 6.15. The topological polar surface area (TPSA) is 22.1 Å². The van der Waals surface area contributed by atoms with Gasteiger partial charge >= 0.3 is 0 Å². The summed E-state index contributed by atoms with van der Waals surface area (Å²) in [5.41, 5.74) is 4.24. The molecule has 3 aromatic rings. The minimum absolute atomic E-state index is 0.452. The first-order valence-corrected chi connectivity index (χ1v) is 7.43. The Labute approximate surface area is 129 Å². The molecule has 0 aliphatic heterocycles. The number of benzene rings is 2. The van der Waals surface area contributed by atoms with E-state index in [4.69, 9.17) is 16.3 Å². The smallest absolute Gasteiger partial charge is 0.127 e. The molecule has 0 aliphatic carbocycles. The van der Waals surface area contributed by atoms with E-state index < -0.39 is 0 Å². The van der Waals surface area contributed by atoms with Crippen molar-refractivity contribution in [1.29, 1.82) is 0 Å². The molecule has 3 rings (SSSR count). The Hall–Kier alpha value is -2.06. The third kappa shape index (κ3) is 2.86. The van der Waals surface area contributed by atoms with Gasteiger partial charge in [-0.2, -0.15) is 0 Å². The van der Waals surface area contributed by atoms with Crippen molar-refractivity contribution in [2.75, 3.05) is 0 Å². The van der Waals surface area contributed by atoms with Gasteiger partial charge < -0.3 is 4.74 Å². The Morgan fingerprint density at radius 1 is 1.00 bits per heavy atom. The molecule has 0 fully saturated rings. The average Bonchev–Trinajstić information content (AvgIpc) is 2.53. The summed E-state index contributed by atoms with van der Waals surface area (Å²) in [5, 5.41) is 1.13. The Bertz CT molecular complexity index is 765. The molecular formula is C18H16ClNO. The number of hydrogen-bond acceptors (Lipinski definition) is 2. The number of aryl methyl sites for hydroxylation is 1. The van der Waals surface area contributed by atoms with Crippen LogP contribution in [0.15, 0.2) is 54.7 Å². The van der Waals surface area contributed by atoms with Gasteiger partial charge in [0, 0.05) is 22.7 Å². The number of rotatable bonds is 4. The lowest BCUT2D eigenvalue weighted by Gasteiger charge is -2.13. The van der Waals surface area contributed by atoms with Crippen molar-refractivity contribution in [3.05, 3.63) is 71.4 Å². The minimum Gasteiger partial charge on any atom is -0.488 e. The van der Waals surface area contributed by atoms with Crippen molar-refractivity contribution >= 4 is 22.5 Å². The van der Waals surface area contributed by atoms with Gasteiger partial charge in [-0.05, 0) is 24.6 Å². The van der Waals surface area contributed by atoms with Gasteiger partial charge in [-0.1, -0.05) is 36.4 Å². The van der Waals surface area contributed by atoms with Crippen LogP contribution in [0.25, 0.3) is 10.9 Å². The molecule has 0 unspecified atom stereocenters. The third-order valence-electron chi connectivity index (χ3n) is 3.55. The zero-order chi connectivity index (χ0) is 14.7. The van der Waals surface area contributed by atoms with Crippen LogP contribution in [-0.4, -0.2) is 4.98 Å². The fourth-order valence-corrected chi connectivity index (χ4v) is 2.67. The van der Waals surface area contributed by atoms with E-state index in [1.165, 1.54) is 0 Å². The maximum absolute atomic E-state index is 6.04. The summed E-state index contributed by atoms with van der Waals surface area (Å²) in [6, 6.07) is 16.1. The predicted octanol–water partition coefficient (Wildman–Crippen LogP) is 4.86. The molecule has 1 heterocycles. The van der Waals surface area contributed by atoms with Crippen molar-refractivity contribution in [2.45, 2.75) is 19.4 Å². The summed E-state index contributed by atoms with van der Waals surface area (Å²) in [7, 11) is 0. The number of fused-ring (bicyclic) bond motifs is 1. The molecule has 106 valence electrons. The highest BCUT2D eigenvalue weighted by atomic mass is 35.5.